The third-order valence-electron chi connectivity index (χ3n) is 3.67. The van der Waals surface area contributed by atoms with Crippen LogP contribution in [0, 0.1) is 10.1 Å². The minimum absolute atomic E-state index is 0.110. The number of rotatable bonds is 5. The highest BCUT2D eigenvalue weighted by Gasteiger charge is 2.19. The van der Waals surface area contributed by atoms with Crippen LogP contribution < -0.4 is 10.6 Å². The number of nitrogens with two attached hydrogens (primary N) is 1. The highest BCUT2D eigenvalue weighted by molar-refractivity contribution is 5.46. The predicted octanol–water partition coefficient (Wildman–Crippen LogP) is 0.849. The lowest BCUT2D eigenvalue weighted by molar-refractivity contribution is -0.389. The normalized spacial score (nSPS) is 18.0. The zero-order chi connectivity index (χ0) is 14.5. The topological polar surface area (TPSA) is 88.5 Å². The number of nitro groups is 1. The Hall–Kier alpha value is -1.73. The summed E-state index contributed by atoms with van der Waals surface area (Å²) in [5.74, 6) is -0.110. The number of hydrogen-bond donors (Lipinski definition) is 1. The van der Waals surface area contributed by atoms with Gasteiger partial charge >= 0.3 is 5.82 Å². The molecule has 7 heteroatoms. The van der Waals surface area contributed by atoms with Gasteiger partial charge in [-0.2, -0.15) is 0 Å². The van der Waals surface area contributed by atoms with Gasteiger partial charge in [-0.3, -0.25) is 4.90 Å². The SMILES string of the molecule is CCC(N)CN1CCN(c2ccc([N+](=O)[O-])nc2)CC1. The Morgan fingerprint density at radius 1 is 1.40 bits per heavy atom. The molecule has 0 spiro atoms. The maximum absolute atomic E-state index is 10.6. The van der Waals surface area contributed by atoms with Gasteiger partial charge in [0.25, 0.3) is 0 Å². The van der Waals surface area contributed by atoms with Gasteiger partial charge in [0.05, 0.1) is 5.69 Å². The zero-order valence-corrected chi connectivity index (χ0v) is 11.7. The summed E-state index contributed by atoms with van der Waals surface area (Å²) in [6, 6.07) is 3.45. The molecule has 0 aliphatic carbocycles. The van der Waals surface area contributed by atoms with Crippen LogP contribution in [0.4, 0.5) is 11.5 Å². The van der Waals surface area contributed by atoms with E-state index in [0.29, 0.717) is 0 Å². The summed E-state index contributed by atoms with van der Waals surface area (Å²) in [6.45, 7) is 6.76. The Labute approximate surface area is 118 Å². The van der Waals surface area contributed by atoms with Crippen LogP contribution in [-0.2, 0) is 0 Å². The molecule has 1 atom stereocenters. The van der Waals surface area contributed by atoms with Gasteiger partial charge in [0, 0.05) is 44.8 Å². The van der Waals surface area contributed by atoms with Crippen molar-refractivity contribution in [1.82, 2.24) is 9.88 Å². The number of nitrogens with zero attached hydrogens (tertiary/aromatic N) is 4. The van der Waals surface area contributed by atoms with Crippen molar-refractivity contribution in [2.75, 3.05) is 37.6 Å². The van der Waals surface area contributed by atoms with Crippen LogP contribution in [0.1, 0.15) is 13.3 Å². The third kappa shape index (κ3) is 3.64. The lowest BCUT2D eigenvalue weighted by Gasteiger charge is -2.36. The van der Waals surface area contributed by atoms with E-state index in [-0.39, 0.29) is 11.9 Å². The second kappa shape index (κ2) is 6.62. The van der Waals surface area contributed by atoms with E-state index in [1.807, 2.05) is 0 Å². The van der Waals surface area contributed by atoms with Gasteiger partial charge in [-0.1, -0.05) is 6.92 Å². The molecule has 1 unspecified atom stereocenters. The Bertz CT molecular complexity index is 443. The van der Waals surface area contributed by atoms with Gasteiger partial charge in [-0.25, -0.2) is 0 Å². The van der Waals surface area contributed by atoms with Crippen molar-refractivity contribution in [1.29, 1.82) is 0 Å². The fourth-order valence-electron chi connectivity index (χ4n) is 2.32. The molecule has 1 aliphatic heterocycles. The van der Waals surface area contributed by atoms with Crippen LogP contribution in [0.25, 0.3) is 0 Å². The molecular formula is C13H21N5O2. The number of piperazine rings is 1. The Morgan fingerprint density at radius 3 is 2.60 bits per heavy atom. The summed E-state index contributed by atoms with van der Waals surface area (Å²) in [7, 11) is 0. The van der Waals surface area contributed by atoms with E-state index >= 15 is 0 Å². The van der Waals surface area contributed by atoms with Gasteiger partial charge in [0.15, 0.2) is 6.20 Å². The summed E-state index contributed by atoms with van der Waals surface area (Å²) in [5.41, 5.74) is 6.91. The summed E-state index contributed by atoms with van der Waals surface area (Å²) in [4.78, 5) is 18.5. The van der Waals surface area contributed by atoms with E-state index in [4.69, 9.17) is 5.73 Å². The van der Waals surface area contributed by atoms with E-state index in [2.05, 4.69) is 21.7 Å². The largest absolute Gasteiger partial charge is 0.366 e. The molecule has 1 aliphatic rings. The lowest BCUT2D eigenvalue weighted by Crippen LogP contribution is -2.49. The van der Waals surface area contributed by atoms with E-state index in [9.17, 15) is 10.1 Å². The van der Waals surface area contributed by atoms with Crippen LogP contribution in [-0.4, -0.2) is 53.6 Å². The summed E-state index contributed by atoms with van der Waals surface area (Å²) >= 11 is 0. The Kier molecular flexibility index (Phi) is 4.86. The molecule has 2 rings (SSSR count). The Balaban J connectivity index is 1.88. The van der Waals surface area contributed by atoms with Gasteiger partial charge in [-0.05, 0) is 22.4 Å². The van der Waals surface area contributed by atoms with Crippen molar-refractivity contribution < 1.29 is 4.92 Å². The van der Waals surface area contributed by atoms with E-state index in [1.54, 1.807) is 12.3 Å². The van der Waals surface area contributed by atoms with Crippen LogP contribution >= 0.6 is 0 Å². The molecule has 1 fully saturated rings. The van der Waals surface area contributed by atoms with Gasteiger partial charge < -0.3 is 20.7 Å². The maximum Gasteiger partial charge on any atom is 0.363 e. The first-order valence-electron chi connectivity index (χ1n) is 6.93. The smallest absolute Gasteiger partial charge is 0.363 e. The molecule has 20 heavy (non-hydrogen) atoms. The van der Waals surface area contributed by atoms with Crippen molar-refractivity contribution in [2.24, 2.45) is 5.73 Å². The first-order valence-corrected chi connectivity index (χ1v) is 6.93. The summed E-state index contributed by atoms with van der Waals surface area (Å²) < 4.78 is 0. The summed E-state index contributed by atoms with van der Waals surface area (Å²) in [5, 5.41) is 10.6. The Morgan fingerprint density at radius 2 is 2.10 bits per heavy atom. The lowest BCUT2D eigenvalue weighted by atomic mass is 10.2. The van der Waals surface area contributed by atoms with E-state index < -0.39 is 4.92 Å². The molecule has 110 valence electrons. The molecular weight excluding hydrogens is 258 g/mol. The number of aromatic nitrogens is 1. The van der Waals surface area contributed by atoms with Gasteiger partial charge in [-0.15, -0.1) is 0 Å². The van der Waals surface area contributed by atoms with Crippen molar-refractivity contribution >= 4 is 11.5 Å². The number of anilines is 1. The molecule has 2 N–H and O–H groups in total. The minimum Gasteiger partial charge on any atom is -0.366 e. The quantitative estimate of drug-likeness (QED) is 0.635. The molecule has 0 aromatic carbocycles. The highest BCUT2D eigenvalue weighted by Crippen LogP contribution is 2.18. The first-order chi connectivity index (χ1) is 9.60. The monoisotopic (exact) mass is 279 g/mol. The molecule has 0 amide bonds. The molecule has 1 aromatic rings. The first kappa shape index (κ1) is 14.7. The highest BCUT2D eigenvalue weighted by atomic mass is 16.6. The molecule has 1 aromatic heterocycles. The van der Waals surface area contributed by atoms with Crippen LogP contribution in [0.15, 0.2) is 18.3 Å². The zero-order valence-electron chi connectivity index (χ0n) is 11.7. The fraction of sp³-hybridized carbons (Fsp3) is 0.615. The third-order valence-corrected chi connectivity index (χ3v) is 3.67. The van der Waals surface area contributed by atoms with Crippen molar-refractivity contribution in [3.8, 4) is 0 Å². The van der Waals surface area contributed by atoms with Crippen LogP contribution in [0.3, 0.4) is 0 Å². The number of pyridine rings is 1. The van der Waals surface area contributed by atoms with Crippen molar-refractivity contribution in [3.05, 3.63) is 28.4 Å². The molecule has 2 heterocycles. The summed E-state index contributed by atoms with van der Waals surface area (Å²) in [6.07, 6.45) is 2.57. The average Bonchev–Trinajstić information content (AvgIpc) is 2.48. The van der Waals surface area contributed by atoms with Crippen molar-refractivity contribution in [2.45, 2.75) is 19.4 Å². The molecule has 0 saturated carbocycles. The standard InChI is InChI=1S/C13H21N5O2/c1-2-11(14)10-16-5-7-17(8-6-16)12-3-4-13(15-9-12)18(19)20/h3-4,9,11H,2,5-8,10,14H2,1H3. The predicted molar refractivity (Wildman–Crippen MR) is 77.8 cm³/mol. The average molecular weight is 279 g/mol. The minimum atomic E-state index is -0.478. The van der Waals surface area contributed by atoms with Crippen LogP contribution in [0.5, 0.6) is 0 Å². The van der Waals surface area contributed by atoms with E-state index in [0.717, 1.165) is 44.8 Å². The van der Waals surface area contributed by atoms with E-state index in [1.165, 1.54) is 6.07 Å². The van der Waals surface area contributed by atoms with Gasteiger partial charge in [0.1, 0.15) is 0 Å². The van der Waals surface area contributed by atoms with Gasteiger partial charge in [0.2, 0.25) is 0 Å². The number of hydrogen-bond acceptors (Lipinski definition) is 6. The van der Waals surface area contributed by atoms with Crippen LogP contribution in [0.2, 0.25) is 0 Å². The van der Waals surface area contributed by atoms with Crippen molar-refractivity contribution in [3.63, 3.8) is 0 Å². The second-order valence-corrected chi connectivity index (χ2v) is 5.09. The maximum atomic E-state index is 10.6. The second-order valence-electron chi connectivity index (χ2n) is 5.09. The fourth-order valence-corrected chi connectivity index (χ4v) is 2.32. The molecule has 1 saturated heterocycles. The molecule has 0 radical (unpaired) electrons. The molecule has 7 nitrogen and oxygen atoms in total. The molecule has 0 bridgehead atoms.